The van der Waals surface area contributed by atoms with Gasteiger partial charge >= 0.3 is 5.97 Å². The van der Waals surface area contributed by atoms with Gasteiger partial charge in [0.1, 0.15) is 12.4 Å². The van der Waals surface area contributed by atoms with Crippen LogP contribution in [-0.2, 0) is 14.3 Å². The first-order valence-electron chi connectivity index (χ1n) is 8.84. The Kier molecular flexibility index (Phi) is 6.61. The van der Waals surface area contributed by atoms with E-state index in [1.165, 1.54) is 4.90 Å². The van der Waals surface area contributed by atoms with Crippen LogP contribution in [0.5, 0.6) is 5.75 Å². The zero-order chi connectivity index (χ0) is 18.4. The van der Waals surface area contributed by atoms with Crippen LogP contribution in [0.1, 0.15) is 46.5 Å². The normalized spacial score (nSPS) is 16.6. The molecule has 1 atom stereocenters. The van der Waals surface area contributed by atoms with Crippen LogP contribution in [-0.4, -0.2) is 36.1 Å². The maximum absolute atomic E-state index is 12.7. The average Bonchev–Trinajstić information content (AvgIpc) is 2.57. The van der Waals surface area contributed by atoms with Crippen molar-refractivity contribution in [3.05, 3.63) is 12.1 Å². The fourth-order valence-corrected chi connectivity index (χ4v) is 2.64. The van der Waals surface area contributed by atoms with Crippen molar-refractivity contribution in [3.63, 3.8) is 0 Å². The first-order chi connectivity index (χ1) is 11.9. The second-order valence-electron chi connectivity index (χ2n) is 6.55. The minimum absolute atomic E-state index is 0.0363. The number of rotatable bonds is 8. The lowest BCUT2D eigenvalue weighted by molar-refractivity contribution is -0.144. The first-order valence-corrected chi connectivity index (χ1v) is 8.84. The molecular weight excluding hydrogens is 322 g/mol. The third kappa shape index (κ3) is 4.84. The molecule has 2 N–H and O–H groups in total. The Morgan fingerprint density at radius 2 is 2.12 bits per heavy atom. The highest BCUT2D eigenvalue weighted by molar-refractivity contribution is 6.02. The summed E-state index contributed by atoms with van der Waals surface area (Å²) in [5, 5.41) is 0. The number of nitrogens with zero attached hydrogens (tertiary/aromatic N) is 2. The number of fused-ring (bicyclic) bond motifs is 1. The van der Waals surface area contributed by atoms with E-state index in [4.69, 9.17) is 15.2 Å². The summed E-state index contributed by atoms with van der Waals surface area (Å²) < 4.78 is 11.0. The minimum atomic E-state index is -0.657. The van der Waals surface area contributed by atoms with Crippen LogP contribution in [0.2, 0.25) is 0 Å². The number of carbonyl (C=O) groups is 2. The molecule has 0 saturated heterocycles. The van der Waals surface area contributed by atoms with Crippen LogP contribution in [0.15, 0.2) is 12.1 Å². The summed E-state index contributed by atoms with van der Waals surface area (Å²) in [4.78, 5) is 30.3. The Balaban J connectivity index is 2.08. The van der Waals surface area contributed by atoms with E-state index in [-0.39, 0.29) is 30.0 Å². The van der Waals surface area contributed by atoms with Crippen molar-refractivity contribution < 1.29 is 19.1 Å². The third-order valence-corrected chi connectivity index (χ3v) is 4.03. The van der Waals surface area contributed by atoms with Gasteiger partial charge in [0, 0.05) is 0 Å². The summed E-state index contributed by atoms with van der Waals surface area (Å²) in [5.74, 6) is 0.183. The van der Waals surface area contributed by atoms with Crippen LogP contribution < -0.4 is 15.4 Å². The molecule has 1 aliphatic heterocycles. The molecule has 0 bridgehead atoms. The molecule has 1 aromatic rings. The molecule has 25 heavy (non-hydrogen) atoms. The second kappa shape index (κ2) is 8.69. The van der Waals surface area contributed by atoms with E-state index in [2.05, 4.69) is 11.9 Å². The van der Waals surface area contributed by atoms with Gasteiger partial charge in [-0.2, -0.15) is 0 Å². The number of anilines is 2. The van der Waals surface area contributed by atoms with Crippen molar-refractivity contribution in [1.82, 2.24) is 4.98 Å². The molecule has 1 aliphatic rings. The SMILES string of the molecule is CCCCCCOC(=O)CN1C(=O)C(C(C)C)Oc2ccc(N)nc21. The Hall–Kier alpha value is -2.31. The highest BCUT2D eigenvalue weighted by Crippen LogP contribution is 2.34. The number of aromatic nitrogens is 1. The lowest BCUT2D eigenvalue weighted by atomic mass is 10.0. The van der Waals surface area contributed by atoms with E-state index in [0.717, 1.165) is 25.7 Å². The van der Waals surface area contributed by atoms with Gasteiger partial charge < -0.3 is 15.2 Å². The zero-order valence-electron chi connectivity index (χ0n) is 15.2. The van der Waals surface area contributed by atoms with Crippen molar-refractivity contribution in [2.45, 2.75) is 52.6 Å². The van der Waals surface area contributed by atoms with Gasteiger partial charge in [0.15, 0.2) is 17.7 Å². The predicted molar refractivity (Wildman–Crippen MR) is 95.4 cm³/mol. The summed E-state index contributed by atoms with van der Waals surface area (Å²) in [5.41, 5.74) is 5.72. The Morgan fingerprint density at radius 3 is 2.80 bits per heavy atom. The van der Waals surface area contributed by atoms with Crippen LogP contribution in [0, 0.1) is 5.92 Å². The topological polar surface area (TPSA) is 94.8 Å². The number of nitrogens with two attached hydrogens (primary N) is 1. The molecule has 1 unspecified atom stereocenters. The quantitative estimate of drug-likeness (QED) is 0.572. The largest absolute Gasteiger partial charge is 0.476 e. The number of unbranched alkanes of at least 4 members (excludes halogenated alkanes) is 3. The van der Waals surface area contributed by atoms with Gasteiger partial charge in [0.05, 0.1) is 6.61 Å². The van der Waals surface area contributed by atoms with Gasteiger partial charge in [-0.05, 0) is 24.5 Å². The van der Waals surface area contributed by atoms with Crippen LogP contribution in [0.4, 0.5) is 11.6 Å². The summed E-state index contributed by atoms with van der Waals surface area (Å²) in [7, 11) is 0. The molecule has 0 aliphatic carbocycles. The van der Waals surface area contributed by atoms with Crippen molar-refractivity contribution in [3.8, 4) is 5.75 Å². The van der Waals surface area contributed by atoms with E-state index in [9.17, 15) is 9.59 Å². The van der Waals surface area contributed by atoms with Crippen molar-refractivity contribution >= 4 is 23.5 Å². The Bertz CT molecular complexity index is 618. The molecule has 0 spiro atoms. The standard InChI is InChI=1S/C18H27N3O4/c1-4-5-6-7-10-24-15(22)11-21-17-13(8-9-14(19)20-17)25-16(12(2)3)18(21)23/h8-9,12,16H,4-7,10-11H2,1-3H3,(H2,19,20). The fourth-order valence-electron chi connectivity index (χ4n) is 2.64. The molecular formula is C18H27N3O4. The maximum atomic E-state index is 12.7. The molecule has 7 nitrogen and oxygen atoms in total. The molecule has 2 heterocycles. The monoisotopic (exact) mass is 349 g/mol. The minimum Gasteiger partial charge on any atom is -0.476 e. The summed E-state index contributed by atoms with van der Waals surface area (Å²) >= 11 is 0. The number of carbonyl (C=O) groups excluding carboxylic acids is 2. The Morgan fingerprint density at radius 1 is 1.36 bits per heavy atom. The molecule has 0 aromatic carbocycles. The maximum Gasteiger partial charge on any atom is 0.326 e. The van der Waals surface area contributed by atoms with E-state index in [1.807, 2.05) is 13.8 Å². The molecule has 2 rings (SSSR count). The van der Waals surface area contributed by atoms with Gasteiger partial charge in [-0.25, -0.2) is 4.98 Å². The second-order valence-corrected chi connectivity index (χ2v) is 6.55. The average molecular weight is 349 g/mol. The van der Waals surface area contributed by atoms with E-state index in [1.54, 1.807) is 12.1 Å². The lowest BCUT2D eigenvalue weighted by Crippen LogP contribution is -2.50. The van der Waals surface area contributed by atoms with Gasteiger partial charge in [-0.1, -0.05) is 40.0 Å². The van der Waals surface area contributed by atoms with Crippen molar-refractivity contribution in [2.24, 2.45) is 5.92 Å². The van der Waals surface area contributed by atoms with Gasteiger partial charge in [-0.3, -0.25) is 14.5 Å². The lowest BCUT2D eigenvalue weighted by Gasteiger charge is -2.34. The summed E-state index contributed by atoms with van der Waals surface area (Å²) in [6.45, 7) is 6.08. The van der Waals surface area contributed by atoms with E-state index in [0.29, 0.717) is 12.4 Å². The first kappa shape index (κ1) is 19.0. The number of esters is 1. The van der Waals surface area contributed by atoms with E-state index < -0.39 is 12.1 Å². The molecule has 0 saturated carbocycles. The fraction of sp³-hybridized carbons (Fsp3) is 0.611. The molecule has 0 fully saturated rings. The highest BCUT2D eigenvalue weighted by atomic mass is 16.5. The van der Waals surface area contributed by atoms with Crippen molar-refractivity contribution in [2.75, 3.05) is 23.8 Å². The molecule has 138 valence electrons. The van der Waals surface area contributed by atoms with Gasteiger partial charge in [-0.15, -0.1) is 0 Å². The molecule has 0 radical (unpaired) electrons. The van der Waals surface area contributed by atoms with Crippen LogP contribution in [0.25, 0.3) is 0 Å². The smallest absolute Gasteiger partial charge is 0.326 e. The van der Waals surface area contributed by atoms with Crippen molar-refractivity contribution in [1.29, 1.82) is 0 Å². The van der Waals surface area contributed by atoms with Gasteiger partial charge in [0.2, 0.25) is 0 Å². The summed E-state index contributed by atoms with van der Waals surface area (Å²) in [6, 6.07) is 3.28. The van der Waals surface area contributed by atoms with Crippen LogP contribution in [0.3, 0.4) is 0 Å². The van der Waals surface area contributed by atoms with E-state index >= 15 is 0 Å². The van der Waals surface area contributed by atoms with Gasteiger partial charge in [0.25, 0.3) is 5.91 Å². The number of hydrogen-bond acceptors (Lipinski definition) is 6. The predicted octanol–water partition coefficient (Wildman–Crippen LogP) is 2.54. The highest BCUT2D eigenvalue weighted by Gasteiger charge is 2.38. The summed E-state index contributed by atoms with van der Waals surface area (Å²) in [6.07, 6.45) is 3.43. The molecule has 1 amide bonds. The van der Waals surface area contributed by atoms with Crippen LogP contribution >= 0.6 is 0 Å². The number of nitrogen functional groups attached to an aromatic ring is 1. The zero-order valence-corrected chi connectivity index (χ0v) is 15.2. The molecule has 1 aromatic heterocycles. The number of pyridine rings is 1. The number of ether oxygens (including phenoxy) is 2. The number of hydrogen-bond donors (Lipinski definition) is 1. The number of amides is 1. The third-order valence-electron chi connectivity index (χ3n) is 4.03. The Labute approximate surface area is 148 Å². The molecule has 7 heteroatoms.